The first-order valence-electron chi connectivity index (χ1n) is 9.29. The predicted octanol–water partition coefficient (Wildman–Crippen LogP) is 1.11. The van der Waals surface area contributed by atoms with Crippen LogP contribution in [0.25, 0.3) is 0 Å². The molecule has 1 unspecified atom stereocenters. The van der Waals surface area contributed by atoms with Crippen LogP contribution in [0.15, 0.2) is 35.7 Å². The van der Waals surface area contributed by atoms with Crippen molar-refractivity contribution >= 4 is 29.6 Å². The molecule has 0 radical (unpaired) electrons. The van der Waals surface area contributed by atoms with E-state index in [-0.39, 0.29) is 5.88 Å². The number of hydrogen-bond donors (Lipinski definition) is 1. The van der Waals surface area contributed by atoms with Crippen LogP contribution in [0, 0.1) is 0 Å². The van der Waals surface area contributed by atoms with Gasteiger partial charge in [-0.2, -0.15) is 4.98 Å². The third-order valence-electron chi connectivity index (χ3n) is 4.79. The van der Waals surface area contributed by atoms with Crippen LogP contribution in [0.2, 0.25) is 0 Å². The van der Waals surface area contributed by atoms with Gasteiger partial charge in [-0.15, -0.1) is 0 Å². The van der Waals surface area contributed by atoms with Gasteiger partial charge in [0.1, 0.15) is 17.0 Å². The summed E-state index contributed by atoms with van der Waals surface area (Å²) >= 11 is 1.10. The largest absolute Gasteiger partial charge is 0.479 e. The summed E-state index contributed by atoms with van der Waals surface area (Å²) in [4.78, 5) is 42.1. The first-order chi connectivity index (χ1) is 14.6. The molecule has 0 aliphatic carbocycles. The fourth-order valence-electron chi connectivity index (χ4n) is 3.30. The number of aromatic nitrogens is 3. The maximum absolute atomic E-state index is 12.7. The van der Waals surface area contributed by atoms with E-state index in [9.17, 15) is 9.59 Å². The van der Waals surface area contributed by atoms with Gasteiger partial charge < -0.3 is 20.1 Å². The lowest BCUT2D eigenvalue weighted by Crippen LogP contribution is -2.50. The highest BCUT2D eigenvalue weighted by molar-refractivity contribution is 8.00. The molecule has 12 heteroatoms. The van der Waals surface area contributed by atoms with Crippen LogP contribution in [-0.4, -0.2) is 75.7 Å². The number of fused-ring (bicyclic) bond motifs is 1. The molecule has 158 valence electrons. The Morgan fingerprint density at radius 3 is 2.67 bits per heavy atom. The molecule has 2 N–H and O–H groups in total. The SMILES string of the molecule is COc1ncnc2c1N(C(N)=O)C(OC(=O)N1CCN(Cc3ccccn3)CC1)S2. The highest BCUT2D eigenvalue weighted by atomic mass is 32.2. The number of pyridine rings is 1. The van der Waals surface area contributed by atoms with E-state index >= 15 is 0 Å². The topological polar surface area (TPSA) is 127 Å². The van der Waals surface area contributed by atoms with Crippen molar-refractivity contribution in [1.82, 2.24) is 24.8 Å². The molecular formula is C18H21N7O4S. The average Bonchev–Trinajstić information content (AvgIpc) is 3.13. The van der Waals surface area contributed by atoms with Crippen LogP contribution in [0.1, 0.15) is 5.69 Å². The highest BCUT2D eigenvalue weighted by Crippen LogP contribution is 2.46. The van der Waals surface area contributed by atoms with Gasteiger partial charge in [-0.3, -0.25) is 9.88 Å². The summed E-state index contributed by atoms with van der Waals surface area (Å²) in [5, 5.41) is 0.457. The molecule has 4 rings (SSSR count). The van der Waals surface area contributed by atoms with Crippen molar-refractivity contribution in [2.75, 3.05) is 38.2 Å². The van der Waals surface area contributed by atoms with E-state index < -0.39 is 17.7 Å². The Kier molecular flexibility index (Phi) is 5.86. The number of piperazine rings is 1. The Bertz CT molecular complexity index is 924. The standard InChI is InChI=1S/C18H21N7O4S/c1-28-14-13-15(22-11-21-14)30-18(25(13)16(19)26)29-17(27)24-8-6-23(7-9-24)10-12-4-2-3-5-20-12/h2-5,11,18H,6-10H2,1H3,(H2,19,26). The zero-order chi connectivity index (χ0) is 21.1. The molecule has 1 saturated heterocycles. The van der Waals surface area contributed by atoms with Crippen LogP contribution in [0.3, 0.4) is 0 Å². The van der Waals surface area contributed by atoms with E-state index in [0.29, 0.717) is 36.9 Å². The molecule has 0 saturated carbocycles. The van der Waals surface area contributed by atoms with Gasteiger partial charge >= 0.3 is 12.1 Å². The first kappa shape index (κ1) is 20.2. The summed E-state index contributed by atoms with van der Waals surface area (Å²) in [6.45, 7) is 3.14. The van der Waals surface area contributed by atoms with E-state index in [1.54, 1.807) is 11.1 Å². The number of rotatable bonds is 4. The van der Waals surface area contributed by atoms with Crippen LogP contribution < -0.4 is 15.4 Å². The van der Waals surface area contributed by atoms with Gasteiger partial charge in [0.05, 0.1) is 12.8 Å². The minimum atomic E-state index is -0.970. The van der Waals surface area contributed by atoms with Crippen molar-refractivity contribution in [1.29, 1.82) is 0 Å². The molecule has 2 aliphatic heterocycles. The number of methoxy groups -OCH3 is 1. The smallest absolute Gasteiger partial charge is 0.412 e. The van der Waals surface area contributed by atoms with Crippen LogP contribution in [-0.2, 0) is 11.3 Å². The number of nitrogens with zero attached hydrogens (tertiary/aromatic N) is 6. The maximum Gasteiger partial charge on any atom is 0.412 e. The number of ether oxygens (including phenoxy) is 2. The summed E-state index contributed by atoms with van der Waals surface area (Å²) in [5.74, 6) is 0.188. The Balaban J connectivity index is 1.37. The predicted molar refractivity (Wildman–Crippen MR) is 108 cm³/mol. The second kappa shape index (κ2) is 8.71. The summed E-state index contributed by atoms with van der Waals surface area (Å²) in [5.41, 5.74) is 5.84. The van der Waals surface area contributed by atoms with Gasteiger partial charge in [0, 0.05) is 38.9 Å². The molecular weight excluding hydrogens is 410 g/mol. The number of anilines is 1. The molecule has 0 bridgehead atoms. The number of primary amides is 1. The first-order valence-corrected chi connectivity index (χ1v) is 10.2. The zero-order valence-electron chi connectivity index (χ0n) is 16.3. The number of amides is 3. The number of urea groups is 1. The van der Waals surface area contributed by atoms with E-state index in [1.807, 2.05) is 18.2 Å². The molecule has 0 aromatic carbocycles. The molecule has 3 amide bonds. The normalized spacial score (nSPS) is 18.8. The van der Waals surface area contributed by atoms with Gasteiger partial charge in [0.2, 0.25) is 11.4 Å². The summed E-state index contributed by atoms with van der Waals surface area (Å²) in [6.07, 6.45) is 2.56. The van der Waals surface area contributed by atoms with E-state index in [4.69, 9.17) is 15.2 Å². The average molecular weight is 431 g/mol. The van der Waals surface area contributed by atoms with Gasteiger partial charge in [-0.1, -0.05) is 6.07 Å². The molecule has 1 fully saturated rings. The van der Waals surface area contributed by atoms with Gasteiger partial charge in [-0.25, -0.2) is 19.5 Å². The molecule has 0 spiro atoms. The molecule has 2 aromatic heterocycles. The third-order valence-corrected chi connectivity index (χ3v) is 5.82. The highest BCUT2D eigenvalue weighted by Gasteiger charge is 2.41. The van der Waals surface area contributed by atoms with Crippen LogP contribution in [0.4, 0.5) is 15.3 Å². The van der Waals surface area contributed by atoms with Crippen molar-refractivity contribution in [3.63, 3.8) is 0 Å². The molecule has 11 nitrogen and oxygen atoms in total. The Labute approximate surface area is 177 Å². The van der Waals surface area contributed by atoms with Crippen molar-refractivity contribution in [3.05, 3.63) is 36.4 Å². The Morgan fingerprint density at radius 2 is 2.00 bits per heavy atom. The number of nitrogens with two attached hydrogens (primary N) is 1. The quantitative estimate of drug-likeness (QED) is 0.708. The second-order valence-corrected chi connectivity index (χ2v) is 7.66. The second-order valence-electron chi connectivity index (χ2n) is 6.64. The molecule has 2 aliphatic rings. The molecule has 1 atom stereocenters. The number of carbonyl (C=O) groups excluding carboxylic acids is 2. The third kappa shape index (κ3) is 4.09. The van der Waals surface area contributed by atoms with Crippen molar-refractivity contribution in [2.24, 2.45) is 5.73 Å². The van der Waals surface area contributed by atoms with Gasteiger partial charge in [-0.05, 0) is 23.9 Å². The van der Waals surface area contributed by atoms with Crippen LogP contribution >= 0.6 is 11.8 Å². The van der Waals surface area contributed by atoms with Crippen molar-refractivity contribution in [2.45, 2.75) is 17.1 Å². The Morgan fingerprint density at radius 1 is 1.20 bits per heavy atom. The van der Waals surface area contributed by atoms with Crippen molar-refractivity contribution < 1.29 is 19.1 Å². The minimum Gasteiger partial charge on any atom is -0.479 e. The zero-order valence-corrected chi connectivity index (χ0v) is 17.1. The van der Waals surface area contributed by atoms with Gasteiger partial charge in [0.25, 0.3) is 0 Å². The van der Waals surface area contributed by atoms with E-state index in [0.717, 1.165) is 28.9 Å². The van der Waals surface area contributed by atoms with Crippen LogP contribution in [0.5, 0.6) is 5.88 Å². The van der Waals surface area contributed by atoms with E-state index in [2.05, 4.69) is 19.9 Å². The lowest BCUT2D eigenvalue weighted by molar-refractivity contribution is 0.0687. The Hall–Kier alpha value is -3.12. The number of thioether (sulfide) groups is 1. The molecule has 4 heterocycles. The lowest BCUT2D eigenvalue weighted by Gasteiger charge is -2.34. The van der Waals surface area contributed by atoms with Crippen molar-refractivity contribution in [3.8, 4) is 5.88 Å². The van der Waals surface area contributed by atoms with Gasteiger partial charge in [0.15, 0.2) is 0 Å². The molecule has 2 aromatic rings. The summed E-state index contributed by atoms with van der Waals surface area (Å²) in [7, 11) is 1.43. The monoisotopic (exact) mass is 431 g/mol. The number of hydrogen-bond acceptors (Lipinski definition) is 9. The summed E-state index contributed by atoms with van der Waals surface area (Å²) < 4.78 is 10.8. The minimum absolute atomic E-state index is 0.188. The molecule has 30 heavy (non-hydrogen) atoms. The van der Waals surface area contributed by atoms with E-state index in [1.165, 1.54) is 13.4 Å². The fourth-order valence-corrected chi connectivity index (χ4v) is 4.35. The number of carbonyl (C=O) groups is 2. The summed E-state index contributed by atoms with van der Waals surface area (Å²) in [6, 6.07) is 5.03. The lowest BCUT2D eigenvalue weighted by atomic mass is 10.3. The fraction of sp³-hybridized carbons (Fsp3) is 0.389. The maximum atomic E-state index is 12.7.